The van der Waals surface area contributed by atoms with Gasteiger partial charge in [0, 0.05) is 49.9 Å². The van der Waals surface area contributed by atoms with Crippen LogP contribution in [0.15, 0.2) is 73.1 Å². The quantitative estimate of drug-likeness (QED) is 0.164. The highest BCUT2D eigenvalue weighted by Gasteiger charge is 2.26. The summed E-state index contributed by atoms with van der Waals surface area (Å²) in [4.78, 5) is 34.6. The van der Waals surface area contributed by atoms with Gasteiger partial charge in [-0.25, -0.2) is 9.59 Å². The number of methoxy groups -OCH3 is 2. The molecule has 0 spiro atoms. The van der Waals surface area contributed by atoms with E-state index >= 15 is 0 Å². The first-order chi connectivity index (χ1) is 23.2. The third kappa shape index (κ3) is 9.12. The molecular formula is C36H41ClN4O6S. The normalized spacial score (nSPS) is 16.1. The van der Waals surface area contributed by atoms with Gasteiger partial charge in [0.2, 0.25) is 0 Å². The molecule has 10 nitrogen and oxygen atoms in total. The van der Waals surface area contributed by atoms with Gasteiger partial charge < -0.3 is 29.2 Å². The fraction of sp³-hybridized carbons (Fsp3) is 0.361. The first-order valence-electron chi connectivity index (χ1n) is 15.7. The number of nitrogens with one attached hydrogen (secondary N) is 2. The van der Waals surface area contributed by atoms with E-state index in [1.807, 2.05) is 49.4 Å². The Bertz CT molecular complexity index is 1670. The molecule has 1 unspecified atom stereocenters. The average Bonchev–Trinajstić information content (AvgIpc) is 3.58. The van der Waals surface area contributed by atoms with Gasteiger partial charge >= 0.3 is 11.9 Å². The minimum atomic E-state index is -0.673. The zero-order valence-corrected chi connectivity index (χ0v) is 29.1. The molecule has 12 heteroatoms. The van der Waals surface area contributed by atoms with E-state index in [1.54, 1.807) is 44.8 Å². The maximum atomic E-state index is 13.6. The lowest BCUT2D eigenvalue weighted by Crippen LogP contribution is -2.51. The summed E-state index contributed by atoms with van der Waals surface area (Å²) < 4.78 is 22.8. The van der Waals surface area contributed by atoms with Crippen molar-refractivity contribution in [2.45, 2.75) is 38.1 Å². The molecule has 1 saturated heterocycles. The molecule has 254 valence electrons. The summed E-state index contributed by atoms with van der Waals surface area (Å²) >= 11 is 7.83. The number of aromatic nitrogens is 1. The van der Waals surface area contributed by atoms with Gasteiger partial charge in [-0.1, -0.05) is 48.0 Å². The number of carbonyl (C=O) groups is 2. The van der Waals surface area contributed by atoms with Crippen molar-refractivity contribution in [2.24, 2.45) is 0 Å². The maximum Gasteiger partial charge on any atom is 0.348 e. The minimum absolute atomic E-state index is 0.0799. The molecule has 0 saturated carbocycles. The van der Waals surface area contributed by atoms with Gasteiger partial charge in [-0.05, 0) is 60.5 Å². The van der Waals surface area contributed by atoms with Crippen molar-refractivity contribution in [3.63, 3.8) is 0 Å². The van der Waals surface area contributed by atoms with E-state index in [9.17, 15) is 9.59 Å². The Balaban J connectivity index is 1.29. The largest absolute Gasteiger partial charge is 0.493 e. The topological polar surface area (TPSA) is 111 Å². The van der Waals surface area contributed by atoms with Gasteiger partial charge in [-0.3, -0.25) is 10.3 Å². The van der Waals surface area contributed by atoms with E-state index in [1.165, 1.54) is 11.3 Å². The molecule has 1 fully saturated rings. The number of carbonyl (C=O) groups excluding carboxylic acids is 2. The molecule has 2 aromatic heterocycles. The van der Waals surface area contributed by atoms with Crippen LogP contribution in [0.2, 0.25) is 5.02 Å². The monoisotopic (exact) mass is 692 g/mol. The summed E-state index contributed by atoms with van der Waals surface area (Å²) in [6.07, 6.45) is 2.98. The van der Waals surface area contributed by atoms with Gasteiger partial charge in [-0.2, -0.15) is 0 Å². The summed E-state index contributed by atoms with van der Waals surface area (Å²) in [6, 6.07) is 17.9. The number of likely N-dealkylation sites (N-methyl/N-ethyl adjacent to an activating group) is 1. The highest BCUT2D eigenvalue weighted by Crippen LogP contribution is 2.35. The van der Waals surface area contributed by atoms with E-state index in [0.717, 1.165) is 46.8 Å². The van der Waals surface area contributed by atoms with Crippen LogP contribution in [0.1, 0.15) is 48.9 Å². The standard InChI is InChI=1S/C36H41ClN4O6S/c1-23-18-38-20-29(37)28(23)17-31(25-10-12-30(44-3)32(16-25)45-4)47-35(42)33-13-11-27(48-33)19-40-34(24-8-6-5-7-9-24)36(43)46-22-26-21-41(2)15-14-39-26/h5-13,16,18,20,26,31,34,39-40H,14-15,17,19,21-22H2,1-4H3/t26-,31+,34?/m1/s1. The van der Waals surface area contributed by atoms with Crippen LogP contribution >= 0.6 is 22.9 Å². The number of ether oxygens (including phenoxy) is 4. The Morgan fingerprint density at radius 2 is 1.85 bits per heavy atom. The SMILES string of the molecule is COc1ccc([C@H](Cc2c(C)cncc2Cl)OC(=O)c2ccc(CNC(C(=O)OC[C@H]3CN(C)CCN3)c3ccccc3)s2)cc1OC. The second-order valence-electron chi connectivity index (χ2n) is 11.7. The summed E-state index contributed by atoms with van der Waals surface area (Å²) in [5.41, 5.74) is 3.25. The predicted octanol–water partition coefficient (Wildman–Crippen LogP) is 5.54. The van der Waals surface area contributed by atoms with Gasteiger partial charge in [0.15, 0.2) is 11.5 Å². The summed E-state index contributed by atoms with van der Waals surface area (Å²) in [6.45, 7) is 5.19. The molecule has 0 aliphatic carbocycles. The molecule has 0 radical (unpaired) electrons. The molecule has 4 aromatic rings. The van der Waals surface area contributed by atoms with Crippen LogP contribution in [0.25, 0.3) is 0 Å². The maximum absolute atomic E-state index is 13.6. The molecule has 2 aromatic carbocycles. The zero-order chi connectivity index (χ0) is 34.0. The Morgan fingerprint density at radius 3 is 2.58 bits per heavy atom. The lowest BCUT2D eigenvalue weighted by atomic mass is 9.98. The van der Waals surface area contributed by atoms with E-state index < -0.39 is 18.1 Å². The van der Waals surface area contributed by atoms with Crippen molar-refractivity contribution in [3.05, 3.63) is 110 Å². The number of pyridine rings is 1. The molecule has 0 amide bonds. The van der Waals surface area contributed by atoms with Crippen LogP contribution in [-0.4, -0.2) is 75.4 Å². The van der Waals surface area contributed by atoms with Crippen LogP contribution in [0, 0.1) is 6.92 Å². The predicted molar refractivity (Wildman–Crippen MR) is 186 cm³/mol. The van der Waals surface area contributed by atoms with E-state index in [4.69, 9.17) is 30.5 Å². The first kappa shape index (κ1) is 35.3. The van der Waals surface area contributed by atoms with Crippen molar-refractivity contribution in [3.8, 4) is 11.5 Å². The molecule has 5 rings (SSSR count). The lowest BCUT2D eigenvalue weighted by Gasteiger charge is -2.30. The van der Waals surface area contributed by atoms with E-state index in [2.05, 4.69) is 27.6 Å². The minimum Gasteiger partial charge on any atom is -0.493 e. The molecule has 3 heterocycles. The van der Waals surface area contributed by atoms with Crippen molar-refractivity contribution in [1.82, 2.24) is 20.5 Å². The third-order valence-corrected chi connectivity index (χ3v) is 9.63. The van der Waals surface area contributed by atoms with Gasteiger partial charge in [0.25, 0.3) is 0 Å². The fourth-order valence-electron chi connectivity index (χ4n) is 5.61. The Labute approximate surface area is 290 Å². The van der Waals surface area contributed by atoms with Crippen LogP contribution < -0.4 is 20.1 Å². The van der Waals surface area contributed by atoms with Crippen LogP contribution in [0.4, 0.5) is 0 Å². The number of hydrogen-bond donors (Lipinski definition) is 2. The molecule has 2 N–H and O–H groups in total. The fourth-order valence-corrected chi connectivity index (χ4v) is 6.73. The summed E-state index contributed by atoms with van der Waals surface area (Å²) in [7, 11) is 5.18. The zero-order valence-electron chi connectivity index (χ0n) is 27.5. The molecule has 1 aliphatic rings. The number of hydrogen-bond acceptors (Lipinski definition) is 11. The second-order valence-corrected chi connectivity index (χ2v) is 13.2. The van der Waals surface area contributed by atoms with Crippen LogP contribution in [0.5, 0.6) is 11.5 Å². The van der Waals surface area contributed by atoms with Gasteiger partial charge in [-0.15, -0.1) is 11.3 Å². The molecule has 3 atom stereocenters. The van der Waals surface area contributed by atoms with Crippen LogP contribution in [-0.2, 0) is 27.2 Å². The van der Waals surface area contributed by atoms with Crippen molar-refractivity contribution < 1.29 is 28.5 Å². The molecule has 48 heavy (non-hydrogen) atoms. The number of esters is 2. The van der Waals surface area contributed by atoms with Crippen LogP contribution in [0.3, 0.4) is 0 Å². The molecule has 0 bridgehead atoms. The van der Waals surface area contributed by atoms with Gasteiger partial charge in [0.05, 0.1) is 25.3 Å². The third-order valence-electron chi connectivity index (χ3n) is 8.24. The lowest BCUT2D eigenvalue weighted by molar-refractivity contribution is -0.147. The van der Waals surface area contributed by atoms with Crippen molar-refractivity contribution >= 4 is 34.9 Å². The van der Waals surface area contributed by atoms with E-state index in [-0.39, 0.29) is 18.6 Å². The summed E-state index contributed by atoms with van der Waals surface area (Å²) in [5, 5.41) is 7.24. The molecular weight excluding hydrogens is 652 g/mol. The van der Waals surface area contributed by atoms with E-state index in [0.29, 0.717) is 34.4 Å². The Hall–Kier alpha value is -4.00. The van der Waals surface area contributed by atoms with Crippen molar-refractivity contribution in [1.29, 1.82) is 0 Å². The van der Waals surface area contributed by atoms with Crippen molar-refractivity contribution in [2.75, 3.05) is 47.5 Å². The summed E-state index contributed by atoms with van der Waals surface area (Å²) in [5.74, 6) is 0.260. The van der Waals surface area contributed by atoms with Gasteiger partial charge in [0.1, 0.15) is 23.6 Å². The first-order valence-corrected chi connectivity index (χ1v) is 16.9. The number of nitrogens with zero attached hydrogens (tertiary/aromatic N) is 2. The second kappa shape index (κ2) is 16.9. The number of aryl methyl sites for hydroxylation is 1. The smallest absolute Gasteiger partial charge is 0.348 e. The average molecular weight is 693 g/mol. The highest BCUT2D eigenvalue weighted by atomic mass is 35.5. The number of halogens is 1. The number of piperazine rings is 1. The highest BCUT2D eigenvalue weighted by molar-refractivity contribution is 7.13. The Kier molecular flexibility index (Phi) is 12.4. The Morgan fingerprint density at radius 1 is 1.06 bits per heavy atom. The number of rotatable bonds is 14. The number of benzene rings is 2. The number of thiophene rings is 1. The molecule has 1 aliphatic heterocycles.